The summed E-state index contributed by atoms with van der Waals surface area (Å²) in [5, 5.41) is 246. The standard InChI is InChI=1S/C84H132O45/c1-28-44(93)45(94)29(2)114-69(28)126-65-60(117-32(5)88)31(4)116-76(67(65)128-75-58(107)63(124-73-54(103)50(99)48(97)38(22-85)118-73)59(30(3)115-75)121-72-57(106)61(37(91)26-113-72)122-70-52(101)46(95)35(89)24-111-70)129-78(110)84-19-18-79(6,7)20-34(84)33-12-13-41-80(8)16-15-43(81(9,27-87)40(80)14-17-82(41,10)83(33,11)21-42(84)92)120-77-66(127-74-55(104)51(100)49(98)39(23-86)119-74)62(56(105)64(125-77)68(108)109)123-71-53(102)47(96)36(90)25-112-71/h12,27-31,34-67,69-77,85-86,89-107H,13-26H2,1-11H3,(H,108,109)/t28?,29?,30?,31?,34?,35?,36?,37?,38?,39?,40?,41?,42-,43+,44?,45?,46?,47?,48?,49?,50?,51?,52?,53?,54?,55?,56?,57?,58?,59?,60?,61?,62?,63?,64?,65?,66?,67?,69?,70?,71?,72?,73?,74?,75?,76?,77?,80+,81+,82-,83-,84-/m1/s1. The van der Waals surface area contributed by atoms with Gasteiger partial charge in [0.1, 0.15) is 164 Å². The lowest BCUT2D eigenvalue weighted by atomic mass is 9.33. The quantitative estimate of drug-likeness (QED) is 0.0196. The first-order valence-corrected chi connectivity index (χ1v) is 44.5. The van der Waals surface area contributed by atoms with Crippen molar-refractivity contribution in [3.8, 4) is 0 Å². The number of carboxylic acid groups (broad SMARTS) is 1. The van der Waals surface area contributed by atoms with E-state index in [4.69, 9.17) is 90.0 Å². The van der Waals surface area contributed by atoms with Crippen LogP contribution in [-0.2, 0) is 109 Å². The molecule has 738 valence electrons. The number of carbonyl (C=O) groups excluding carboxylic acids is 3. The Labute approximate surface area is 742 Å². The molecule has 0 amide bonds. The number of rotatable bonds is 23. The van der Waals surface area contributed by atoms with Gasteiger partial charge in [0.25, 0.3) is 0 Å². The average molecular weight is 1860 g/mol. The molecule has 0 radical (unpaired) electrons. The van der Waals surface area contributed by atoms with E-state index in [1.807, 2.05) is 13.8 Å². The van der Waals surface area contributed by atoms with Crippen molar-refractivity contribution >= 4 is 24.2 Å². The Hall–Kier alpha value is -3.70. The van der Waals surface area contributed by atoms with Crippen molar-refractivity contribution in [2.75, 3.05) is 33.0 Å². The highest BCUT2D eigenvalue weighted by atomic mass is 16.8. The first-order chi connectivity index (χ1) is 60.6. The van der Waals surface area contributed by atoms with Crippen molar-refractivity contribution in [1.82, 2.24) is 0 Å². The zero-order chi connectivity index (χ0) is 94.2. The molecule has 4 saturated carbocycles. The lowest BCUT2D eigenvalue weighted by molar-refractivity contribution is -0.404. The van der Waals surface area contributed by atoms with Gasteiger partial charge in [-0.2, -0.15) is 0 Å². The molecular formula is C84H132O45. The van der Waals surface area contributed by atoms with Crippen LogP contribution >= 0.6 is 0 Å². The van der Waals surface area contributed by atoms with Gasteiger partial charge in [-0.25, -0.2) is 4.79 Å². The molecule has 45 nitrogen and oxygen atoms in total. The molecule has 45 heteroatoms. The molecule has 9 heterocycles. The Morgan fingerprint density at radius 1 is 0.426 bits per heavy atom. The molecule has 0 aromatic carbocycles. The molecule has 52 atom stereocenters. The summed E-state index contributed by atoms with van der Waals surface area (Å²) in [4.78, 5) is 57.8. The maximum atomic E-state index is 16.7. The Morgan fingerprint density at radius 2 is 0.907 bits per heavy atom. The normalized spacial score (nSPS) is 54.2. The highest BCUT2D eigenvalue weighted by Crippen LogP contribution is 2.76. The van der Waals surface area contributed by atoms with Gasteiger partial charge < -0.3 is 207 Å². The summed E-state index contributed by atoms with van der Waals surface area (Å²) >= 11 is 0. The van der Waals surface area contributed by atoms with E-state index in [9.17, 15) is 127 Å². The van der Waals surface area contributed by atoms with Gasteiger partial charge in [-0.15, -0.1) is 0 Å². The maximum Gasteiger partial charge on any atom is 0.335 e. The molecule has 13 fully saturated rings. The van der Waals surface area contributed by atoms with Crippen LogP contribution in [0.4, 0.5) is 0 Å². The number of allylic oxidation sites excluding steroid dienone is 2. The zero-order valence-corrected chi connectivity index (χ0v) is 73.4. The highest BCUT2D eigenvalue weighted by Gasteiger charge is 2.74. The number of aliphatic carboxylic acids is 1. The second-order valence-electron chi connectivity index (χ2n) is 39.7. The first-order valence-electron chi connectivity index (χ1n) is 44.5. The Balaban J connectivity index is 0.780. The lowest BCUT2D eigenvalue weighted by Crippen LogP contribution is -2.70. The fourth-order valence-electron chi connectivity index (χ4n) is 23.4. The topological polar surface area (TPSA) is 689 Å². The molecule has 14 rings (SSSR count). The predicted octanol–water partition coefficient (Wildman–Crippen LogP) is -7.83. The van der Waals surface area contributed by atoms with Crippen LogP contribution in [0.3, 0.4) is 0 Å². The van der Waals surface area contributed by atoms with Crippen molar-refractivity contribution in [1.29, 1.82) is 0 Å². The molecule has 9 aliphatic heterocycles. The maximum absolute atomic E-state index is 16.7. The number of carboxylic acids is 1. The third kappa shape index (κ3) is 18.2. The van der Waals surface area contributed by atoms with Crippen LogP contribution in [0.1, 0.15) is 134 Å². The summed E-state index contributed by atoms with van der Waals surface area (Å²) in [5.74, 6) is -6.52. The van der Waals surface area contributed by atoms with Gasteiger partial charge in [0, 0.05) is 12.8 Å². The average Bonchev–Trinajstić information content (AvgIpc) is 0.668. The Kier molecular flexibility index (Phi) is 30.6. The molecule has 0 bridgehead atoms. The number of hydrogen-bond donors (Lipinski definition) is 22. The van der Waals surface area contributed by atoms with Gasteiger partial charge >= 0.3 is 17.9 Å². The van der Waals surface area contributed by atoms with Crippen LogP contribution in [0, 0.1) is 56.2 Å². The molecule has 45 unspecified atom stereocenters. The molecular weight excluding hydrogens is 1730 g/mol. The smallest absolute Gasteiger partial charge is 0.335 e. The fraction of sp³-hybridized carbons (Fsp3) is 0.929. The van der Waals surface area contributed by atoms with Gasteiger partial charge in [0.05, 0.1) is 75.1 Å². The molecule has 129 heavy (non-hydrogen) atoms. The first kappa shape index (κ1) is 101. The third-order valence-corrected chi connectivity index (χ3v) is 31.3. The van der Waals surface area contributed by atoms with Crippen LogP contribution in [0.15, 0.2) is 11.6 Å². The number of carbonyl (C=O) groups is 4. The van der Waals surface area contributed by atoms with E-state index < -0.39 is 365 Å². The second-order valence-corrected chi connectivity index (χ2v) is 39.7. The van der Waals surface area contributed by atoms with E-state index in [1.54, 1.807) is 6.92 Å². The van der Waals surface area contributed by atoms with Crippen molar-refractivity contribution in [3.05, 3.63) is 11.6 Å². The van der Waals surface area contributed by atoms with E-state index in [1.165, 1.54) is 27.7 Å². The Morgan fingerprint density at radius 3 is 1.47 bits per heavy atom. The molecule has 0 spiro atoms. The molecule has 0 aromatic rings. The van der Waals surface area contributed by atoms with E-state index in [2.05, 4.69) is 26.8 Å². The van der Waals surface area contributed by atoms with Crippen LogP contribution in [0.5, 0.6) is 0 Å². The molecule has 5 aliphatic carbocycles. The van der Waals surface area contributed by atoms with E-state index in [-0.39, 0.29) is 31.6 Å². The number of ether oxygens (including phenoxy) is 19. The number of fused-ring (bicyclic) bond motifs is 7. The lowest BCUT2D eigenvalue weighted by Gasteiger charge is -2.71. The molecule has 0 aromatic heterocycles. The molecule has 9 saturated heterocycles. The highest BCUT2D eigenvalue weighted by molar-refractivity contribution is 5.80. The number of aliphatic hydroxyl groups is 21. The van der Waals surface area contributed by atoms with E-state index >= 15 is 4.79 Å². The van der Waals surface area contributed by atoms with Crippen molar-refractivity contribution in [2.45, 2.75) is 398 Å². The van der Waals surface area contributed by atoms with Gasteiger partial charge in [-0.05, 0) is 118 Å². The number of aldehydes is 1. The largest absolute Gasteiger partial charge is 0.479 e. The summed E-state index contributed by atoms with van der Waals surface area (Å²) in [6, 6.07) is 0. The number of aliphatic hydroxyl groups excluding tert-OH is 21. The summed E-state index contributed by atoms with van der Waals surface area (Å²) in [5.41, 5.74) is -5.61. The van der Waals surface area contributed by atoms with Crippen molar-refractivity contribution < 1.29 is 222 Å². The molecule has 22 N–H and O–H groups in total. The predicted molar refractivity (Wildman–Crippen MR) is 419 cm³/mol. The van der Waals surface area contributed by atoms with E-state index in [0.29, 0.717) is 32.1 Å². The minimum Gasteiger partial charge on any atom is -0.479 e. The van der Waals surface area contributed by atoms with Gasteiger partial charge in [0.15, 0.2) is 68.6 Å². The zero-order valence-electron chi connectivity index (χ0n) is 73.4. The van der Waals surface area contributed by atoms with Crippen LogP contribution in [0.2, 0.25) is 0 Å². The fourth-order valence-corrected chi connectivity index (χ4v) is 23.4. The SMILES string of the molecule is CC(=O)OC1C(C)OC(OC(=O)[C@]23CCC(C)(C)CC2C2=CCC4[C@@]5(C)CC[C@H](OC6OC(C(=O)O)C(O)C(OC7OCC(O)C(O)C7O)C6OC6OC(CO)C(O)C(O)C6O)[C@@](C)(C=O)C5CC[C@@]4(C)[C@]2(C)C[C@H]3O)C(OC2OC(C)C(OC3OCC(O)C(OC4OCC(O)C(O)C4O)C3O)C(OC3OC(CO)C(O)C(O)C3O)C2O)C1OC1OC(C)C(O)C(O)C1C. The number of esters is 2. The van der Waals surface area contributed by atoms with Gasteiger partial charge in [-0.3, -0.25) is 9.59 Å². The van der Waals surface area contributed by atoms with Crippen molar-refractivity contribution in [2.24, 2.45) is 56.2 Å². The molecule has 14 aliphatic rings. The Bertz CT molecular complexity index is 3870. The monoisotopic (exact) mass is 1860 g/mol. The van der Waals surface area contributed by atoms with Crippen LogP contribution in [0.25, 0.3) is 0 Å². The van der Waals surface area contributed by atoms with Gasteiger partial charge in [-0.1, -0.05) is 60.1 Å². The summed E-state index contributed by atoms with van der Waals surface area (Å²) in [7, 11) is 0. The number of hydrogen-bond acceptors (Lipinski definition) is 44. The minimum absolute atomic E-state index is 0.00328. The minimum atomic E-state index is -2.31. The second kappa shape index (κ2) is 38.9. The van der Waals surface area contributed by atoms with Gasteiger partial charge in [0.2, 0.25) is 6.29 Å². The summed E-state index contributed by atoms with van der Waals surface area (Å²) < 4.78 is 118. The van der Waals surface area contributed by atoms with Crippen molar-refractivity contribution in [3.63, 3.8) is 0 Å². The van der Waals surface area contributed by atoms with E-state index in [0.717, 1.165) is 18.8 Å². The third-order valence-electron chi connectivity index (χ3n) is 31.3. The summed E-state index contributed by atoms with van der Waals surface area (Å²) in [6.45, 7) is 15.1. The van der Waals surface area contributed by atoms with Crippen LogP contribution < -0.4 is 0 Å². The van der Waals surface area contributed by atoms with Crippen LogP contribution in [-0.4, -0.2) is 434 Å². The summed E-state index contributed by atoms with van der Waals surface area (Å²) in [6.07, 6.45) is -74.3.